The summed E-state index contributed by atoms with van der Waals surface area (Å²) in [5.41, 5.74) is 2.21. The van der Waals surface area contributed by atoms with Gasteiger partial charge in [-0.1, -0.05) is 6.07 Å². The highest BCUT2D eigenvalue weighted by atomic mass is 32.2. The van der Waals surface area contributed by atoms with Crippen LogP contribution in [0.2, 0.25) is 0 Å². The number of carbonyl (C=O) groups excluding carboxylic acids is 1. The van der Waals surface area contributed by atoms with E-state index in [9.17, 15) is 13.2 Å². The number of hydrogen-bond acceptors (Lipinski definition) is 7. The lowest BCUT2D eigenvalue weighted by Gasteiger charge is -2.22. The van der Waals surface area contributed by atoms with Crippen molar-refractivity contribution in [3.05, 3.63) is 23.8 Å². The van der Waals surface area contributed by atoms with Gasteiger partial charge in [0.1, 0.15) is 11.0 Å². The zero-order valence-corrected chi connectivity index (χ0v) is 13.5. The van der Waals surface area contributed by atoms with Gasteiger partial charge < -0.3 is 5.32 Å². The molecule has 0 unspecified atom stereocenters. The minimum atomic E-state index is -2.94. The number of aromatic nitrogens is 2. The molecule has 9 heteroatoms. The summed E-state index contributed by atoms with van der Waals surface area (Å²) >= 11 is 0. The Kier molecular flexibility index (Phi) is 4.31. The van der Waals surface area contributed by atoms with Crippen molar-refractivity contribution in [2.24, 2.45) is 0 Å². The highest BCUT2D eigenvalue weighted by Gasteiger charge is 2.31. The van der Waals surface area contributed by atoms with E-state index in [1.807, 2.05) is 6.07 Å². The quantitative estimate of drug-likeness (QED) is 0.815. The Morgan fingerprint density at radius 1 is 1.39 bits per heavy atom. The number of nitrogens with one attached hydrogen (secondary N) is 1. The third-order valence-electron chi connectivity index (χ3n) is 4.03. The Labute approximate surface area is 133 Å². The molecular weight excluding hydrogens is 320 g/mol. The molecule has 2 heterocycles. The van der Waals surface area contributed by atoms with Crippen molar-refractivity contribution in [3.63, 3.8) is 0 Å². The molecule has 1 fully saturated rings. The summed E-state index contributed by atoms with van der Waals surface area (Å²) in [4.78, 5) is 13.8. The van der Waals surface area contributed by atoms with Gasteiger partial charge in [-0.2, -0.15) is 0 Å². The summed E-state index contributed by atoms with van der Waals surface area (Å²) in [7, 11) is -1.17. The number of sulfone groups is 1. The van der Waals surface area contributed by atoms with E-state index in [1.54, 1.807) is 24.1 Å². The summed E-state index contributed by atoms with van der Waals surface area (Å²) in [5.74, 6) is 0.192. The first kappa shape index (κ1) is 15.9. The highest BCUT2D eigenvalue weighted by molar-refractivity contribution is 7.91. The van der Waals surface area contributed by atoms with Gasteiger partial charge in [0.2, 0.25) is 5.91 Å². The molecule has 3 rings (SSSR count). The molecule has 1 saturated heterocycles. The lowest BCUT2D eigenvalue weighted by atomic mass is 10.2. The van der Waals surface area contributed by atoms with Gasteiger partial charge in [0.25, 0.3) is 0 Å². The van der Waals surface area contributed by atoms with Crippen molar-refractivity contribution in [3.8, 4) is 0 Å². The van der Waals surface area contributed by atoms with Gasteiger partial charge in [0.05, 0.1) is 18.1 Å². The predicted molar refractivity (Wildman–Crippen MR) is 83.3 cm³/mol. The van der Waals surface area contributed by atoms with Gasteiger partial charge in [-0.15, -0.1) is 0 Å². The van der Waals surface area contributed by atoms with Crippen molar-refractivity contribution >= 4 is 26.8 Å². The smallest absolute Gasteiger partial charge is 0.234 e. The fourth-order valence-electron chi connectivity index (χ4n) is 2.67. The van der Waals surface area contributed by atoms with Crippen molar-refractivity contribution in [2.75, 3.05) is 25.1 Å². The van der Waals surface area contributed by atoms with Crippen LogP contribution in [0.4, 0.5) is 0 Å². The maximum absolute atomic E-state index is 12.0. The number of likely N-dealkylation sites (N-methyl/N-ethyl adjacent to an activating group) is 1. The van der Waals surface area contributed by atoms with Crippen LogP contribution >= 0.6 is 0 Å². The molecule has 0 aliphatic carbocycles. The Morgan fingerprint density at radius 2 is 2.17 bits per heavy atom. The largest absolute Gasteiger partial charge is 0.351 e. The minimum Gasteiger partial charge on any atom is -0.351 e. The molecule has 1 aromatic heterocycles. The molecule has 124 valence electrons. The van der Waals surface area contributed by atoms with E-state index < -0.39 is 9.84 Å². The summed E-state index contributed by atoms with van der Waals surface area (Å²) < 4.78 is 27.6. The van der Waals surface area contributed by atoms with Crippen LogP contribution in [0.25, 0.3) is 11.0 Å². The number of amides is 1. The summed E-state index contributed by atoms with van der Waals surface area (Å²) in [6, 6.07) is 5.35. The van der Waals surface area contributed by atoms with E-state index in [1.165, 1.54) is 0 Å². The molecule has 0 radical (unpaired) electrons. The molecule has 1 aromatic carbocycles. The number of fused-ring (bicyclic) bond motifs is 1. The average Bonchev–Trinajstić information content (AvgIpc) is 3.10. The van der Waals surface area contributed by atoms with E-state index >= 15 is 0 Å². The summed E-state index contributed by atoms with van der Waals surface area (Å²) in [6.45, 7) is 0.548. The molecule has 0 bridgehead atoms. The van der Waals surface area contributed by atoms with E-state index in [2.05, 4.69) is 20.3 Å². The normalized spacial score (nSPS) is 20.2. The Hall–Kier alpha value is -2.00. The van der Waals surface area contributed by atoms with Crippen LogP contribution < -0.4 is 5.32 Å². The summed E-state index contributed by atoms with van der Waals surface area (Å²) in [5, 5.41) is 10.3. The SMILES string of the molecule is CN(CC(=O)NCc1ccc2nonc2c1)[C@@H]1CCS(=O)(=O)C1. The van der Waals surface area contributed by atoms with Crippen LogP contribution in [-0.4, -0.2) is 60.7 Å². The first-order valence-corrected chi connectivity index (χ1v) is 9.14. The lowest BCUT2D eigenvalue weighted by Crippen LogP contribution is -2.41. The van der Waals surface area contributed by atoms with Gasteiger partial charge in [-0.3, -0.25) is 9.69 Å². The van der Waals surface area contributed by atoms with Gasteiger partial charge in [0.15, 0.2) is 9.84 Å². The van der Waals surface area contributed by atoms with E-state index in [4.69, 9.17) is 0 Å². The zero-order chi connectivity index (χ0) is 16.4. The van der Waals surface area contributed by atoms with E-state index in [0.29, 0.717) is 24.0 Å². The zero-order valence-electron chi connectivity index (χ0n) is 12.7. The Bertz CT molecular complexity index is 817. The second kappa shape index (κ2) is 6.25. The number of hydrogen-bond donors (Lipinski definition) is 1. The fraction of sp³-hybridized carbons (Fsp3) is 0.500. The van der Waals surface area contributed by atoms with Crippen LogP contribution in [0.1, 0.15) is 12.0 Å². The first-order chi connectivity index (χ1) is 10.9. The minimum absolute atomic E-state index is 0.0803. The molecule has 0 spiro atoms. The second-order valence-electron chi connectivity index (χ2n) is 5.84. The monoisotopic (exact) mass is 338 g/mol. The lowest BCUT2D eigenvalue weighted by molar-refractivity contribution is -0.122. The molecular formula is C14H18N4O4S. The van der Waals surface area contributed by atoms with Crippen LogP contribution in [0.3, 0.4) is 0 Å². The number of rotatable bonds is 5. The third kappa shape index (κ3) is 3.85. The first-order valence-electron chi connectivity index (χ1n) is 7.31. The maximum atomic E-state index is 12.0. The molecule has 23 heavy (non-hydrogen) atoms. The Balaban J connectivity index is 1.51. The summed E-state index contributed by atoms with van der Waals surface area (Å²) in [6.07, 6.45) is 0.585. The van der Waals surface area contributed by atoms with Crippen molar-refractivity contribution < 1.29 is 17.8 Å². The van der Waals surface area contributed by atoms with Crippen LogP contribution in [0, 0.1) is 0 Å². The molecule has 2 aromatic rings. The fourth-order valence-corrected chi connectivity index (χ4v) is 4.48. The topological polar surface area (TPSA) is 105 Å². The molecule has 1 atom stereocenters. The predicted octanol–water partition coefficient (Wildman–Crippen LogP) is -0.0421. The van der Waals surface area contributed by atoms with Crippen molar-refractivity contribution in [2.45, 2.75) is 19.0 Å². The van der Waals surface area contributed by atoms with Gasteiger partial charge in [-0.05, 0) is 41.5 Å². The maximum Gasteiger partial charge on any atom is 0.234 e. The van der Waals surface area contributed by atoms with Crippen LogP contribution in [-0.2, 0) is 21.2 Å². The van der Waals surface area contributed by atoms with Crippen LogP contribution in [0.15, 0.2) is 22.8 Å². The van der Waals surface area contributed by atoms with Gasteiger partial charge in [-0.25, -0.2) is 13.0 Å². The standard InChI is InChI=1S/C14H18N4O4S/c1-18(11-4-5-23(20,21)9-11)8-14(19)15-7-10-2-3-12-13(6-10)17-22-16-12/h2-3,6,11H,4-5,7-9H2,1H3,(H,15,19)/t11-/m1/s1. The number of benzene rings is 1. The van der Waals surface area contributed by atoms with Crippen molar-refractivity contribution in [1.82, 2.24) is 20.5 Å². The molecule has 8 nitrogen and oxygen atoms in total. The van der Waals surface area contributed by atoms with E-state index in [-0.39, 0.29) is 30.0 Å². The molecule has 0 saturated carbocycles. The molecule has 1 aliphatic rings. The average molecular weight is 338 g/mol. The third-order valence-corrected chi connectivity index (χ3v) is 5.78. The van der Waals surface area contributed by atoms with E-state index in [0.717, 1.165) is 5.56 Å². The van der Waals surface area contributed by atoms with Gasteiger partial charge in [0, 0.05) is 12.6 Å². The highest BCUT2D eigenvalue weighted by Crippen LogP contribution is 2.16. The van der Waals surface area contributed by atoms with Gasteiger partial charge >= 0.3 is 0 Å². The number of nitrogens with zero attached hydrogens (tertiary/aromatic N) is 3. The Morgan fingerprint density at radius 3 is 2.91 bits per heavy atom. The second-order valence-corrected chi connectivity index (χ2v) is 8.06. The van der Waals surface area contributed by atoms with Crippen LogP contribution in [0.5, 0.6) is 0 Å². The molecule has 1 N–H and O–H groups in total. The molecule has 1 aliphatic heterocycles. The van der Waals surface area contributed by atoms with Crippen molar-refractivity contribution in [1.29, 1.82) is 0 Å². The number of carbonyl (C=O) groups is 1. The molecule has 1 amide bonds.